The van der Waals surface area contributed by atoms with Crippen LogP contribution in [0.15, 0.2) is 36.4 Å². The van der Waals surface area contributed by atoms with E-state index in [0.717, 1.165) is 0 Å². The molecule has 0 fully saturated rings. The lowest BCUT2D eigenvalue weighted by Gasteiger charge is -2.11. The summed E-state index contributed by atoms with van der Waals surface area (Å²) in [6.45, 7) is 0. The van der Waals surface area contributed by atoms with Crippen molar-refractivity contribution in [2.75, 3.05) is 14.2 Å². The molecule has 0 radical (unpaired) electrons. The van der Waals surface area contributed by atoms with Crippen LogP contribution in [-0.2, 0) is 0 Å². The zero-order valence-electron chi connectivity index (χ0n) is 11.5. The Kier molecular flexibility index (Phi) is 4.05. The molecule has 6 nitrogen and oxygen atoms in total. The maximum absolute atomic E-state index is 10.8. The Bertz CT molecular complexity index is 735. The highest BCUT2D eigenvalue weighted by Gasteiger charge is 2.15. The van der Waals surface area contributed by atoms with Gasteiger partial charge in [-0.2, -0.15) is 5.26 Å². The molecule has 0 spiro atoms. The predicted molar refractivity (Wildman–Crippen MR) is 76.4 cm³/mol. The average Bonchev–Trinajstić information content (AvgIpc) is 2.53. The van der Waals surface area contributed by atoms with E-state index in [9.17, 15) is 15.4 Å². The van der Waals surface area contributed by atoms with Crippen molar-refractivity contribution >= 4 is 5.69 Å². The Balaban J connectivity index is 2.62. The second-order valence-corrected chi connectivity index (χ2v) is 4.17. The molecule has 0 N–H and O–H groups in total. The Hall–Kier alpha value is -3.07. The van der Waals surface area contributed by atoms with Crippen LogP contribution in [0.25, 0.3) is 11.1 Å². The molecule has 0 saturated carbocycles. The molecule has 0 unspecified atom stereocenters. The maximum atomic E-state index is 10.8. The first-order chi connectivity index (χ1) is 10.1. The minimum absolute atomic E-state index is 0.122. The van der Waals surface area contributed by atoms with Gasteiger partial charge in [-0.05, 0) is 18.2 Å². The molecule has 6 heteroatoms. The van der Waals surface area contributed by atoms with Gasteiger partial charge in [0.2, 0.25) is 0 Å². The summed E-state index contributed by atoms with van der Waals surface area (Å²) in [6.07, 6.45) is 0. The largest absolute Gasteiger partial charge is 0.497 e. The van der Waals surface area contributed by atoms with Gasteiger partial charge < -0.3 is 9.47 Å². The lowest BCUT2D eigenvalue weighted by molar-refractivity contribution is -0.384. The highest BCUT2D eigenvalue weighted by Crippen LogP contribution is 2.36. The molecule has 0 heterocycles. The number of nitrogens with zero attached hydrogens (tertiary/aromatic N) is 2. The highest BCUT2D eigenvalue weighted by molar-refractivity contribution is 5.77. The van der Waals surface area contributed by atoms with Gasteiger partial charge in [-0.15, -0.1) is 0 Å². The molecule has 0 aliphatic rings. The third kappa shape index (κ3) is 2.77. The van der Waals surface area contributed by atoms with E-state index in [1.807, 2.05) is 6.07 Å². The molecule has 0 aliphatic carbocycles. The molecular weight excluding hydrogens is 272 g/mol. The number of nitro benzene ring substituents is 1. The van der Waals surface area contributed by atoms with Gasteiger partial charge in [-0.25, -0.2) is 0 Å². The van der Waals surface area contributed by atoms with Gasteiger partial charge >= 0.3 is 0 Å². The maximum Gasteiger partial charge on any atom is 0.270 e. The number of ether oxygens (including phenoxy) is 2. The molecule has 2 aromatic carbocycles. The third-order valence-corrected chi connectivity index (χ3v) is 3.03. The number of nitriles is 1. The normalized spacial score (nSPS) is 9.76. The van der Waals surface area contributed by atoms with Crippen LogP contribution in [0.5, 0.6) is 11.5 Å². The number of non-ortho nitro benzene ring substituents is 1. The van der Waals surface area contributed by atoms with E-state index < -0.39 is 4.92 Å². The lowest BCUT2D eigenvalue weighted by Crippen LogP contribution is -1.94. The van der Waals surface area contributed by atoms with Gasteiger partial charge in [0.1, 0.15) is 17.6 Å². The number of hydrogen-bond acceptors (Lipinski definition) is 5. The lowest BCUT2D eigenvalue weighted by atomic mass is 9.98. The summed E-state index contributed by atoms with van der Waals surface area (Å²) in [6, 6.07) is 11.3. The molecule has 0 atom stereocenters. The average molecular weight is 284 g/mol. The van der Waals surface area contributed by atoms with Crippen molar-refractivity contribution in [1.29, 1.82) is 5.26 Å². The molecule has 0 aliphatic heterocycles. The molecule has 21 heavy (non-hydrogen) atoms. The van der Waals surface area contributed by atoms with Crippen molar-refractivity contribution in [2.24, 2.45) is 0 Å². The van der Waals surface area contributed by atoms with Crippen molar-refractivity contribution in [2.45, 2.75) is 0 Å². The molecule has 2 rings (SSSR count). The number of methoxy groups -OCH3 is 2. The summed E-state index contributed by atoms with van der Waals surface area (Å²) < 4.78 is 10.4. The van der Waals surface area contributed by atoms with Crippen molar-refractivity contribution in [3.63, 3.8) is 0 Å². The second kappa shape index (κ2) is 5.92. The zero-order valence-corrected chi connectivity index (χ0v) is 11.5. The van der Waals surface area contributed by atoms with Crippen molar-refractivity contribution < 1.29 is 14.4 Å². The van der Waals surface area contributed by atoms with E-state index in [0.29, 0.717) is 22.6 Å². The third-order valence-electron chi connectivity index (χ3n) is 3.03. The Morgan fingerprint density at radius 3 is 2.38 bits per heavy atom. The van der Waals surface area contributed by atoms with Gasteiger partial charge in [-0.3, -0.25) is 10.1 Å². The van der Waals surface area contributed by atoms with E-state index >= 15 is 0 Å². The molecule has 0 amide bonds. The van der Waals surface area contributed by atoms with Gasteiger partial charge in [0.25, 0.3) is 5.69 Å². The molecule has 0 aromatic heterocycles. The topological polar surface area (TPSA) is 85.4 Å². The molecule has 0 bridgehead atoms. The minimum atomic E-state index is -0.532. The quantitative estimate of drug-likeness (QED) is 0.636. The van der Waals surface area contributed by atoms with Gasteiger partial charge in [0, 0.05) is 29.3 Å². The number of benzene rings is 2. The van der Waals surface area contributed by atoms with Gasteiger partial charge in [-0.1, -0.05) is 0 Å². The van der Waals surface area contributed by atoms with Crippen LogP contribution in [0.3, 0.4) is 0 Å². The Morgan fingerprint density at radius 2 is 1.81 bits per heavy atom. The fraction of sp³-hybridized carbons (Fsp3) is 0.133. The highest BCUT2D eigenvalue weighted by atomic mass is 16.6. The van der Waals surface area contributed by atoms with E-state index in [2.05, 4.69) is 0 Å². The molecular formula is C15H12N2O4. The van der Waals surface area contributed by atoms with Crippen LogP contribution >= 0.6 is 0 Å². The first-order valence-corrected chi connectivity index (χ1v) is 6.01. The number of nitro groups is 1. The van der Waals surface area contributed by atoms with E-state index in [1.54, 1.807) is 31.4 Å². The smallest absolute Gasteiger partial charge is 0.270 e. The van der Waals surface area contributed by atoms with Crippen LogP contribution in [0, 0.1) is 21.4 Å². The summed E-state index contributed by atoms with van der Waals surface area (Å²) in [5.41, 5.74) is 1.34. The summed E-state index contributed by atoms with van der Waals surface area (Å²) in [7, 11) is 3.05. The second-order valence-electron chi connectivity index (χ2n) is 4.17. The van der Waals surface area contributed by atoms with Crippen molar-refractivity contribution in [1.82, 2.24) is 0 Å². The van der Waals surface area contributed by atoms with Gasteiger partial charge in [0.15, 0.2) is 0 Å². The SMILES string of the molecule is COc1ccc(-c2ccc([N+](=O)[O-])cc2C#N)c(OC)c1. The summed E-state index contributed by atoms with van der Waals surface area (Å²) in [5, 5.41) is 20.0. The first-order valence-electron chi connectivity index (χ1n) is 6.01. The van der Waals surface area contributed by atoms with Crippen LogP contribution in [0.4, 0.5) is 5.69 Å². The molecule has 106 valence electrons. The fourth-order valence-electron chi connectivity index (χ4n) is 1.99. The molecule has 2 aromatic rings. The summed E-state index contributed by atoms with van der Waals surface area (Å²) in [5.74, 6) is 1.15. The van der Waals surface area contributed by atoms with Crippen molar-refractivity contribution in [3.05, 3.63) is 52.1 Å². The Morgan fingerprint density at radius 1 is 1.10 bits per heavy atom. The molecule has 0 saturated heterocycles. The van der Waals surface area contributed by atoms with Crippen LogP contribution in [0.1, 0.15) is 5.56 Å². The summed E-state index contributed by atoms with van der Waals surface area (Å²) in [4.78, 5) is 10.2. The number of hydrogen-bond donors (Lipinski definition) is 0. The first kappa shape index (κ1) is 14.3. The zero-order chi connectivity index (χ0) is 15.4. The van der Waals surface area contributed by atoms with E-state index in [1.165, 1.54) is 19.2 Å². The van der Waals surface area contributed by atoms with E-state index in [4.69, 9.17) is 9.47 Å². The predicted octanol–water partition coefficient (Wildman–Crippen LogP) is 3.15. The standard InChI is InChI=1S/C15H12N2O4/c1-20-12-4-6-14(15(8-12)21-2)13-5-3-11(17(18)19)7-10(13)9-16/h3-8H,1-2H3. The summed E-state index contributed by atoms with van der Waals surface area (Å²) >= 11 is 0. The van der Waals surface area contributed by atoms with Crippen molar-refractivity contribution in [3.8, 4) is 28.7 Å². The monoisotopic (exact) mass is 284 g/mol. The van der Waals surface area contributed by atoms with Gasteiger partial charge in [0.05, 0.1) is 24.7 Å². The Labute approximate surface area is 121 Å². The van der Waals surface area contributed by atoms with E-state index in [-0.39, 0.29) is 11.3 Å². The van der Waals surface area contributed by atoms with Crippen LogP contribution in [-0.4, -0.2) is 19.1 Å². The van der Waals surface area contributed by atoms with Crippen LogP contribution in [0.2, 0.25) is 0 Å². The number of rotatable bonds is 4. The van der Waals surface area contributed by atoms with Crippen LogP contribution < -0.4 is 9.47 Å². The fourth-order valence-corrected chi connectivity index (χ4v) is 1.99. The minimum Gasteiger partial charge on any atom is -0.497 e.